The lowest BCUT2D eigenvalue weighted by molar-refractivity contribution is 0.481. The van der Waals surface area contributed by atoms with Crippen molar-refractivity contribution in [3.8, 4) is 16.9 Å². The molecule has 0 saturated carbocycles. The van der Waals surface area contributed by atoms with E-state index in [4.69, 9.17) is 9.97 Å². The van der Waals surface area contributed by atoms with Crippen LogP contribution >= 0.6 is 0 Å². The number of aryl methyl sites for hydroxylation is 1. The molecule has 1 saturated heterocycles. The van der Waals surface area contributed by atoms with Gasteiger partial charge in [-0.05, 0) is 62.6 Å². The number of H-pyrrole nitrogens is 1. The highest BCUT2D eigenvalue weighted by atomic mass is 19.1. The molecule has 1 N–H and O–H groups in total. The molecule has 41 heavy (non-hydrogen) atoms. The first-order chi connectivity index (χ1) is 19.9. The second-order valence-electron chi connectivity index (χ2n) is 11.4. The highest BCUT2D eigenvalue weighted by Crippen LogP contribution is 2.35. The first kappa shape index (κ1) is 27.1. The van der Waals surface area contributed by atoms with Crippen LogP contribution in [0.5, 0.6) is 0 Å². The van der Waals surface area contributed by atoms with Gasteiger partial charge in [0.15, 0.2) is 5.65 Å². The lowest BCUT2D eigenvalue weighted by atomic mass is 10.00. The highest BCUT2D eigenvalue weighted by Gasteiger charge is 2.28. The van der Waals surface area contributed by atoms with E-state index in [1.807, 2.05) is 30.5 Å². The number of benzene rings is 1. The normalized spacial score (nSPS) is 15.9. The first-order valence-corrected chi connectivity index (χ1v) is 14.7. The van der Waals surface area contributed by atoms with E-state index in [9.17, 15) is 4.79 Å². The number of para-hydroxylation sites is 1. The molecule has 8 nitrogen and oxygen atoms in total. The van der Waals surface area contributed by atoms with Crippen molar-refractivity contribution in [2.24, 2.45) is 0 Å². The highest BCUT2D eigenvalue weighted by molar-refractivity contribution is 5.95. The van der Waals surface area contributed by atoms with Crippen LogP contribution in [-0.4, -0.2) is 42.3 Å². The number of pyridine rings is 2. The molecule has 9 heteroatoms. The van der Waals surface area contributed by atoms with Crippen LogP contribution in [0.3, 0.4) is 0 Å². The minimum atomic E-state index is -0.473. The number of piperidine rings is 1. The molecule has 1 fully saturated rings. The van der Waals surface area contributed by atoms with Gasteiger partial charge in [-0.15, -0.1) is 0 Å². The van der Waals surface area contributed by atoms with Crippen LogP contribution in [0.4, 0.5) is 10.2 Å². The van der Waals surface area contributed by atoms with E-state index < -0.39 is 11.5 Å². The summed E-state index contributed by atoms with van der Waals surface area (Å²) in [5.74, 6) is 0.0733. The lowest BCUT2D eigenvalue weighted by Crippen LogP contribution is -2.40. The first-order valence-electron chi connectivity index (χ1n) is 14.7. The Morgan fingerprint density at radius 1 is 1.17 bits per heavy atom. The number of halogens is 1. The van der Waals surface area contributed by atoms with Gasteiger partial charge in [0.25, 0.3) is 0 Å². The Kier molecular flexibility index (Phi) is 7.28. The zero-order valence-electron chi connectivity index (χ0n) is 24.1. The lowest BCUT2D eigenvalue weighted by Gasteiger charge is -2.35. The Bertz CT molecular complexity index is 1790. The van der Waals surface area contributed by atoms with E-state index in [1.165, 1.54) is 6.07 Å². The standard InChI is InChI=1S/C32H36FN7O/c1-5-6-11-21-14-15-34-26(19(2)3)29(21)40-31-24(30(37-32(40)41)39-16-8-7-10-20(39)4)17-25(33)28(36-31)23-13-9-12-22-18-35-38-27(22)23/h9,12-15,17-20H,5-8,10-11,16H2,1-4H3,(H,35,38)/t20-/m0/s1. The van der Waals surface area contributed by atoms with Gasteiger partial charge in [-0.2, -0.15) is 10.1 Å². The molecule has 212 valence electrons. The third kappa shape index (κ3) is 4.77. The fourth-order valence-electron chi connectivity index (χ4n) is 6.06. The molecule has 4 aromatic heterocycles. The monoisotopic (exact) mass is 553 g/mol. The molecular weight excluding hydrogens is 517 g/mol. The SMILES string of the molecule is CCCCc1ccnc(C(C)C)c1-n1c(=O)nc(N2CCCC[C@@H]2C)c2cc(F)c(-c3cccc4cn[nH]c34)nc21. The van der Waals surface area contributed by atoms with Crippen molar-refractivity contribution in [1.29, 1.82) is 0 Å². The maximum atomic E-state index is 16.1. The molecule has 5 aromatic rings. The smallest absolute Gasteiger partial charge is 0.353 e. The molecule has 0 bridgehead atoms. The minimum absolute atomic E-state index is 0.0500. The van der Waals surface area contributed by atoms with Gasteiger partial charge >= 0.3 is 5.69 Å². The summed E-state index contributed by atoms with van der Waals surface area (Å²) in [6.45, 7) is 9.18. The Hall–Kier alpha value is -4.14. The minimum Gasteiger partial charge on any atom is -0.353 e. The van der Waals surface area contributed by atoms with Crippen LogP contribution in [0, 0.1) is 5.82 Å². The summed E-state index contributed by atoms with van der Waals surface area (Å²) in [7, 11) is 0. The van der Waals surface area contributed by atoms with Gasteiger partial charge < -0.3 is 4.90 Å². The molecule has 0 unspecified atom stereocenters. The number of aromatic amines is 1. The summed E-state index contributed by atoms with van der Waals surface area (Å²) >= 11 is 0. The molecular formula is C32H36FN7O. The average molecular weight is 554 g/mol. The van der Waals surface area contributed by atoms with Crippen molar-refractivity contribution in [2.75, 3.05) is 11.4 Å². The maximum absolute atomic E-state index is 16.1. The van der Waals surface area contributed by atoms with E-state index in [0.717, 1.165) is 61.7 Å². The predicted molar refractivity (Wildman–Crippen MR) is 161 cm³/mol. The number of nitrogens with one attached hydrogen (secondary N) is 1. The van der Waals surface area contributed by atoms with Crippen LogP contribution in [0.2, 0.25) is 0 Å². The van der Waals surface area contributed by atoms with Gasteiger partial charge in [0.2, 0.25) is 0 Å². The van der Waals surface area contributed by atoms with E-state index in [1.54, 1.807) is 10.8 Å². The molecule has 0 aliphatic carbocycles. The average Bonchev–Trinajstić information content (AvgIpc) is 3.45. The van der Waals surface area contributed by atoms with Gasteiger partial charge in [-0.3, -0.25) is 10.1 Å². The van der Waals surface area contributed by atoms with Crippen LogP contribution in [0.15, 0.2) is 47.5 Å². The van der Waals surface area contributed by atoms with Crippen molar-refractivity contribution in [3.63, 3.8) is 0 Å². The Balaban J connectivity index is 1.72. The number of anilines is 1. The van der Waals surface area contributed by atoms with E-state index in [2.05, 4.69) is 47.8 Å². The molecule has 1 aliphatic heterocycles. The van der Waals surface area contributed by atoms with Crippen LogP contribution in [0.1, 0.15) is 77.0 Å². The summed E-state index contributed by atoms with van der Waals surface area (Å²) in [6.07, 6.45) is 9.38. The van der Waals surface area contributed by atoms with Gasteiger partial charge in [0.1, 0.15) is 17.3 Å². The molecule has 1 aliphatic rings. The molecule has 0 spiro atoms. The number of unbranched alkanes of at least 4 members (excludes halogenated alkanes) is 1. The predicted octanol–water partition coefficient (Wildman–Crippen LogP) is 6.70. The van der Waals surface area contributed by atoms with Crippen LogP contribution in [0.25, 0.3) is 38.9 Å². The Morgan fingerprint density at radius 2 is 2.02 bits per heavy atom. The van der Waals surface area contributed by atoms with E-state index in [0.29, 0.717) is 33.6 Å². The number of nitrogens with zero attached hydrogens (tertiary/aromatic N) is 6. The van der Waals surface area contributed by atoms with Gasteiger partial charge in [0, 0.05) is 29.7 Å². The molecule has 1 atom stereocenters. The third-order valence-corrected chi connectivity index (χ3v) is 8.21. The third-order valence-electron chi connectivity index (χ3n) is 8.21. The van der Waals surface area contributed by atoms with Crippen LogP contribution in [-0.2, 0) is 6.42 Å². The largest absolute Gasteiger partial charge is 0.355 e. The summed E-state index contributed by atoms with van der Waals surface area (Å²) in [5, 5.41) is 8.53. The van der Waals surface area contributed by atoms with Gasteiger partial charge in [-0.1, -0.05) is 45.4 Å². The quantitative estimate of drug-likeness (QED) is 0.241. The fourth-order valence-corrected chi connectivity index (χ4v) is 6.06. The van der Waals surface area contributed by atoms with Gasteiger partial charge in [0.05, 0.1) is 28.5 Å². The second kappa shape index (κ2) is 11.0. The zero-order chi connectivity index (χ0) is 28.7. The van der Waals surface area contributed by atoms with Gasteiger partial charge in [-0.25, -0.2) is 18.7 Å². The summed E-state index contributed by atoms with van der Waals surface area (Å²) in [4.78, 5) is 30.6. The number of aromatic nitrogens is 6. The van der Waals surface area contributed by atoms with Crippen molar-refractivity contribution >= 4 is 27.8 Å². The number of fused-ring (bicyclic) bond motifs is 2. The molecule has 0 amide bonds. The molecule has 1 aromatic carbocycles. The molecule has 6 rings (SSSR count). The Morgan fingerprint density at radius 3 is 2.80 bits per heavy atom. The van der Waals surface area contributed by atoms with Crippen molar-refractivity contribution < 1.29 is 4.39 Å². The Labute approximate surface area is 238 Å². The van der Waals surface area contributed by atoms with E-state index >= 15 is 4.39 Å². The molecule has 0 radical (unpaired) electrons. The number of rotatable bonds is 7. The summed E-state index contributed by atoms with van der Waals surface area (Å²) < 4.78 is 17.7. The van der Waals surface area contributed by atoms with Crippen LogP contribution < -0.4 is 10.6 Å². The van der Waals surface area contributed by atoms with Crippen molar-refractivity contribution in [1.82, 2.24) is 29.7 Å². The topological polar surface area (TPSA) is 92.6 Å². The second-order valence-corrected chi connectivity index (χ2v) is 11.4. The summed E-state index contributed by atoms with van der Waals surface area (Å²) in [5.41, 5.74) is 3.92. The maximum Gasteiger partial charge on any atom is 0.355 e. The van der Waals surface area contributed by atoms with Crippen molar-refractivity contribution in [3.05, 3.63) is 70.3 Å². The molecule has 5 heterocycles. The number of hydrogen-bond acceptors (Lipinski definition) is 6. The number of hydrogen-bond donors (Lipinski definition) is 1. The summed E-state index contributed by atoms with van der Waals surface area (Å²) in [6, 6.07) is 9.27. The fraction of sp³-hybridized carbons (Fsp3) is 0.406. The van der Waals surface area contributed by atoms with E-state index in [-0.39, 0.29) is 17.7 Å². The zero-order valence-corrected chi connectivity index (χ0v) is 24.1. The van der Waals surface area contributed by atoms with Crippen molar-refractivity contribution in [2.45, 2.75) is 78.2 Å².